The zero-order valence-electron chi connectivity index (χ0n) is 16.3. The fraction of sp³-hybridized carbons (Fsp3) is 0.333. The smallest absolute Gasteiger partial charge is 0.267 e. The Balaban J connectivity index is 1.53. The fourth-order valence-electron chi connectivity index (χ4n) is 3.32. The first-order valence-corrected chi connectivity index (χ1v) is 9.43. The van der Waals surface area contributed by atoms with Crippen molar-refractivity contribution in [1.82, 2.24) is 14.9 Å². The van der Waals surface area contributed by atoms with Crippen molar-refractivity contribution < 1.29 is 23.1 Å². The van der Waals surface area contributed by atoms with Crippen LogP contribution in [0.15, 0.2) is 48.8 Å². The van der Waals surface area contributed by atoms with Crippen molar-refractivity contribution in [3.05, 3.63) is 65.9 Å². The molecule has 1 aliphatic rings. The van der Waals surface area contributed by atoms with Gasteiger partial charge < -0.3 is 15.4 Å². The second-order valence-electron chi connectivity index (χ2n) is 7.09. The average Bonchev–Trinajstić information content (AvgIpc) is 3.12. The molecule has 2 amide bonds. The maximum Gasteiger partial charge on any atom is 0.267 e. The molecule has 0 radical (unpaired) electrons. The molecule has 2 heterocycles. The summed E-state index contributed by atoms with van der Waals surface area (Å²) >= 11 is 0. The van der Waals surface area contributed by atoms with Gasteiger partial charge in [-0.3, -0.25) is 9.59 Å². The third-order valence-corrected chi connectivity index (χ3v) is 4.81. The van der Waals surface area contributed by atoms with Crippen molar-refractivity contribution in [3.8, 4) is 5.88 Å². The van der Waals surface area contributed by atoms with Gasteiger partial charge in [0, 0.05) is 18.9 Å². The molecular weight excluding hydrogens is 394 g/mol. The molecule has 2 N–H and O–H groups in total. The molecule has 1 aromatic heterocycles. The van der Waals surface area contributed by atoms with Crippen LogP contribution in [0.25, 0.3) is 0 Å². The van der Waals surface area contributed by atoms with Gasteiger partial charge in [0.2, 0.25) is 11.8 Å². The summed E-state index contributed by atoms with van der Waals surface area (Å²) in [6.45, 7) is 3.95. The van der Waals surface area contributed by atoms with E-state index in [4.69, 9.17) is 10.5 Å². The molecule has 1 aromatic carbocycles. The molecule has 0 spiro atoms. The Labute approximate surface area is 172 Å². The molecule has 0 saturated carbocycles. The van der Waals surface area contributed by atoms with Crippen LogP contribution in [0, 0.1) is 5.82 Å². The van der Waals surface area contributed by atoms with Crippen LogP contribution >= 0.6 is 0 Å². The standard InChI is InChI=1S/C21H22F2N4O3/c1-13(11-30-19-9-17(21(24)29)25-12-26-19)5-6-20(28)27-10-16(23)8-18(27)14-3-2-4-15(22)7-14/h2-4,7,9,12,16,18H,1,5-6,8,10-11H2,(H2,24,29). The van der Waals surface area contributed by atoms with Crippen LogP contribution in [0.2, 0.25) is 0 Å². The van der Waals surface area contributed by atoms with Gasteiger partial charge in [-0.15, -0.1) is 0 Å². The highest BCUT2D eigenvalue weighted by Crippen LogP contribution is 2.34. The van der Waals surface area contributed by atoms with E-state index in [0.717, 1.165) is 6.33 Å². The summed E-state index contributed by atoms with van der Waals surface area (Å²) in [6.07, 6.45) is 0.614. The van der Waals surface area contributed by atoms with Gasteiger partial charge in [-0.2, -0.15) is 0 Å². The number of alkyl halides is 1. The van der Waals surface area contributed by atoms with Crippen LogP contribution in [0.3, 0.4) is 0 Å². The molecule has 1 saturated heterocycles. The largest absolute Gasteiger partial charge is 0.473 e. The lowest BCUT2D eigenvalue weighted by Crippen LogP contribution is -2.31. The molecule has 0 bridgehead atoms. The molecule has 158 valence electrons. The third-order valence-electron chi connectivity index (χ3n) is 4.81. The number of hydrogen-bond donors (Lipinski definition) is 1. The number of aromatic nitrogens is 2. The molecule has 9 heteroatoms. The monoisotopic (exact) mass is 416 g/mol. The Kier molecular flexibility index (Phi) is 6.71. The van der Waals surface area contributed by atoms with E-state index in [-0.39, 0.29) is 43.5 Å². The summed E-state index contributed by atoms with van der Waals surface area (Å²) in [7, 11) is 0. The van der Waals surface area contributed by atoms with Crippen molar-refractivity contribution in [3.63, 3.8) is 0 Å². The van der Waals surface area contributed by atoms with Gasteiger partial charge in [-0.05, 0) is 29.7 Å². The maximum absolute atomic E-state index is 14.0. The first-order valence-electron chi connectivity index (χ1n) is 9.43. The molecule has 2 atom stereocenters. The highest BCUT2D eigenvalue weighted by atomic mass is 19.1. The Bertz CT molecular complexity index is 953. The number of likely N-dealkylation sites (tertiary alicyclic amines) is 1. The zero-order valence-corrected chi connectivity index (χ0v) is 16.3. The summed E-state index contributed by atoms with van der Waals surface area (Å²) in [5.41, 5.74) is 6.39. The summed E-state index contributed by atoms with van der Waals surface area (Å²) in [6, 6.07) is 6.72. The molecule has 2 aromatic rings. The molecular formula is C21H22F2N4O3. The zero-order chi connectivity index (χ0) is 21.7. The number of carbonyl (C=O) groups is 2. The van der Waals surface area contributed by atoms with Crippen molar-refractivity contribution in [1.29, 1.82) is 0 Å². The van der Waals surface area contributed by atoms with Crippen LogP contribution < -0.4 is 10.5 Å². The lowest BCUT2D eigenvalue weighted by Gasteiger charge is -2.25. The Morgan fingerprint density at radius 1 is 1.27 bits per heavy atom. The SMILES string of the molecule is C=C(CCC(=O)N1CC(F)CC1c1cccc(F)c1)COc1cc(C(N)=O)ncn1. The van der Waals surface area contributed by atoms with E-state index in [2.05, 4.69) is 16.5 Å². The minimum atomic E-state index is -1.15. The fourth-order valence-corrected chi connectivity index (χ4v) is 3.32. The van der Waals surface area contributed by atoms with Crippen LogP contribution in [0.5, 0.6) is 5.88 Å². The van der Waals surface area contributed by atoms with Crippen LogP contribution in [0.4, 0.5) is 8.78 Å². The quantitative estimate of drug-likeness (QED) is 0.667. The highest BCUT2D eigenvalue weighted by Gasteiger charge is 2.36. The van der Waals surface area contributed by atoms with Crippen molar-refractivity contribution in [2.24, 2.45) is 5.73 Å². The molecule has 0 aliphatic carbocycles. The van der Waals surface area contributed by atoms with Crippen molar-refractivity contribution in [2.75, 3.05) is 13.2 Å². The number of halogens is 2. The summed E-state index contributed by atoms with van der Waals surface area (Å²) in [4.78, 5) is 32.9. The number of rotatable bonds is 8. The third kappa shape index (κ3) is 5.37. The molecule has 30 heavy (non-hydrogen) atoms. The van der Waals surface area contributed by atoms with E-state index in [1.807, 2.05) is 0 Å². The molecule has 3 rings (SSSR count). The lowest BCUT2D eigenvalue weighted by molar-refractivity contribution is -0.132. The maximum atomic E-state index is 14.0. The normalized spacial score (nSPS) is 18.3. The molecule has 7 nitrogen and oxygen atoms in total. The van der Waals surface area contributed by atoms with Crippen molar-refractivity contribution in [2.45, 2.75) is 31.5 Å². The minimum Gasteiger partial charge on any atom is -0.473 e. The number of ether oxygens (including phenoxy) is 1. The Morgan fingerprint density at radius 2 is 2.07 bits per heavy atom. The second kappa shape index (κ2) is 9.43. The molecule has 2 unspecified atom stereocenters. The van der Waals surface area contributed by atoms with Crippen LogP contribution in [-0.4, -0.2) is 46.0 Å². The predicted molar refractivity (Wildman–Crippen MR) is 105 cm³/mol. The number of primary amides is 1. The number of amides is 2. The van der Waals surface area contributed by atoms with Gasteiger partial charge in [-0.1, -0.05) is 18.7 Å². The Hall–Kier alpha value is -3.36. The van der Waals surface area contributed by atoms with Gasteiger partial charge in [0.15, 0.2) is 0 Å². The van der Waals surface area contributed by atoms with E-state index in [1.54, 1.807) is 12.1 Å². The van der Waals surface area contributed by atoms with Crippen LogP contribution in [-0.2, 0) is 4.79 Å². The molecule has 1 fully saturated rings. The van der Waals surface area contributed by atoms with Gasteiger partial charge in [0.05, 0.1) is 12.6 Å². The topological polar surface area (TPSA) is 98.4 Å². The first-order chi connectivity index (χ1) is 14.3. The Morgan fingerprint density at radius 3 is 2.80 bits per heavy atom. The van der Waals surface area contributed by atoms with Gasteiger partial charge in [-0.25, -0.2) is 18.7 Å². The predicted octanol–water partition coefficient (Wildman–Crippen LogP) is 2.74. The van der Waals surface area contributed by atoms with Gasteiger partial charge >= 0.3 is 0 Å². The van der Waals surface area contributed by atoms with Crippen LogP contribution in [0.1, 0.15) is 41.4 Å². The number of benzene rings is 1. The lowest BCUT2D eigenvalue weighted by atomic mass is 10.0. The van der Waals surface area contributed by atoms with E-state index in [0.29, 0.717) is 17.6 Å². The van der Waals surface area contributed by atoms with Gasteiger partial charge in [0.1, 0.15) is 30.6 Å². The highest BCUT2D eigenvalue weighted by molar-refractivity contribution is 5.90. The summed E-state index contributed by atoms with van der Waals surface area (Å²) < 4.78 is 33.0. The minimum absolute atomic E-state index is 0.0141. The van der Waals surface area contributed by atoms with E-state index >= 15 is 0 Å². The summed E-state index contributed by atoms with van der Waals surface area (Å²) in [5.74, 6) is -1.19. The number of hydrogen-bond acceptors (Lipinski definition) is 5. The number of nitrogens with zero attached hydrogens (tertiary/aromatic N) is 3. The average molecular weight is 416 g/mol. The second-order valence-corrected chi connectivity index (χ2v) is 7.09. The van der Waals surface area contributed by atoms with E-state index in [1.165, 1.54) is 23.1 Å². The molecule has 1 aliphatic heterocycles. The van der Waals surface area contributed by atoms with E-state index in [9.17, 15) is 18.4 Å². The van der Waals surface area contributed by atoms with Crippen molar-refractivity contribution >= 4 is 11.8 Å². The van der Waals surface area contributed by atoms with E-state index < -0.39 is 23.9 Å². The van der Waals surface area contributed by atoms with Gasteiger partial charge in [0.25, 0.3) is 5.91 Å². The first kappa shape index (κ1) is 21.4. The summed E-state index contributed by atoms with van der Waals surface area (Å²) in [5, 5.41) is 0. The number of nitrogens with two attached hydrogens (primary N) is 1. The number of carbonyl (C=O) groups excluding carboxylic acids is 2.